The third-order valence-corrected chi connectivity index (χ3v) is 7.88. The van der Waals surface area contributed by atoms with Crippen LogP contribution in [0.4, 0.5) is 5.69 Å². The van der Waals surface area contributed by atoms with Crippen molar-refractivity contribution >= 4 is 37.5 Å². The minimum Gasteiger partial charge on any atom is -0.378 e. The summed E-state index contributed by atoms with van der Waals surface area (Å²) in [6.07, 6.45) is 1.54. The predicted molar refractivity (Wildman–Crippen MR) is 126 cm³/mol. The molecular formula is C22H23BrN4O5S. The Labute approximate surface area is 200 Å². The molecule has 1 saturated heterocycles. The maximum Gasteiger partial charge on any atom is 0.276 e. The molecule has 11 heteroatoms. The van der Waals surface area contributed by atoms with Crippen molar-refractivity contribution in [2.75, 3.05) is 44.4 Å². The van der Waals surface area contributed by atoms with Gasteiger partial charge < -0.3 is 14.4 Å². The smallest absolute Gasteiger partial charge is 0.276 e. The van der Waals surface area contributed by atoms with Gasteiger partial charge in [-0.05, 0) is 40.2 Å². The molecular weight excluding hydrogens is 512 g/mol. The summed E-state index contributed by atoms with van der Waals surface area (Å²) in [5.41, 5.74) is 0.844. The first kappa shape index (κ1) is 23.4. The van der Waals surface area contributed by atoms with Crippen LogP contribution in [0, 0.1) is 0 Å². The van der Waals surface area contributed by atoms with Crippen LogP contribution in [-0.4, -0.2) is 69.1 Å². The van der Waals surface area contributed by atoms with E-state index in [1.807, 2.05) is 30.3 Å². The number of halogens is 1. The fourth-order valence-corrected chi connectivity index (χ4v) is 5.82. The van der Waals surface area contributed by atoms with Gasteiger partial charge in [-0.15, -0.1) is 0 Å². The minimum atomic E-state index is -4.09. The summed E-state index contributed by atoms with van der Waals surface area (Å²) in [6.45, 7) is 1.33. The number of para-hydroxylation sites is 1. The highest BCUT2D eigenvalue weighted by Gasteiger charge is 2.34. The number of benzene rings is 2. The van der Waals surface area contributed by atoms with Gasteiger partial charge in [-0.2, -0.15) is 5.10 Å². The maximum atomic E-state index is 13.7. The van der Waals surface area contributed by atoms with Crippen LogP contribution in [0.15, 0.2) is 70.2 Å². The fraction of sp³-hybridized carbons (Fsp3) is 0.273. The Hall–Kier alpha value is -2.73. The average Bonchev–Trinajstić information content (AvgIpc) is 3.28. The van der Waals surface area contributed by atoms with Crippen LogP contribution in [-0.2, 0) is 19.5 Å². The van der Waals surface area contributed by atoms with E-state index < -0.39 is 10.0 Å². The van der Waals surface area contributed by atoms with Gasteiger partial charge in [0.25, 0.3) is 15.9 Å². The number of rotatable bonds is 7. The molecule has 2 heterocycles. The molecule has 1 amide bonds. The van der Waals surface area contributed by atoms with Crippen LogP contribution in [0.5, 0.6) is 0 Å². The van der Waals surface area contributed by atoms with Gasteiger partial charge in [0.1, 0.15) is 17.3 Å². The van der Waals surface area contributed by atoms with E-state index in [0.717, 1.165) is 4.31 Å². The molecule has 1 aromatic heterocycles. The van der Waals surface area contributed by atoms with Gasteiger partial charge in [0.05, 0.1) is 25.1 Å². The number of amides is 1. The third-order valence-electron chi connectivity index (χ3n) is 5.14. The second-order valence-corrected chi connectivity index (χ2v) is 9.93. The molecule has 9 nitrogen and oxygen atoms in total. The number of aromatic nitrogens is 2. The number of anilines is 1. The van der Waals surface area contributed by atoms with Gasteiger partial charge >= 0.3 is 0 Å². The van der Waals surface area contributed by atoms with E-state index in [0.29, 0.717) is 36.5 Å². The van der Waals surface area contributed by atoms with Crippen LogP contribution in [0.25, 0.3) is 5.69 Å². The number of morpholine rings is 1. The summed E-state index contributed by atoms with van der Waals surface area (Å²) in [4.78, 5) is 15.1. The van der Waals surface area contributed by atoms with Crippen LogP contribution in [0.1, 0.15) is 10.5 Å². The van der Waals surface area contributed by atoms with Crippen molar-refractivity contribution in [3.8, 4) is 5.69 Å². The summed E-state index contributed by atoms with van der Waals surface area (Å²) in [5.74, 6) is -0.369. The van der Waals surface area contributed by atoms with Crippen molar-refractivity contribution in [1.29, 1.82) is 0 Å². The highest BCUT2D eigenvalue weighted by Crippen LogP contribution is 2.32. The monoisotopic (exact) mass is 534 g/mol. The number of hydrogen-bond donors (Lipinski definition) is 0. The van der Waals surface area contributed by atoms with E-state index >= 15 is 0 Å². The molecule has 1 aliphatic rings. The Morgan fingerprint density at radius 1 is 1.12 bits per heavy atom. The summed E-state index contributed by atoms with van der Waals surface area (Å²) in [5, 5.41) is 4.50. The topological polar surface area (TPSA) is 94.0 Å². The van der Waals surface area contributed by atoms with Crippen LogP contribution in [0.3, 0.4) is 0 Å². The largest absolute Gasteiger partial charge is 0.378 e. The van der Waals surface area contributed by atoms with Crippen molar-refractivity contribution in [2.24, 2.45) is 0 Å². The normalized spacial score (nSPS) is 14.3. The van der Waals surface area contributed by atoms with Gasteiger partial charge in [-0.1, -0.05) is 30.3 Å². The molecule has 0 N–H and O–H groups in total. The van der Waals surface area contributed by atoms with Crippen molar-refractivity contribution in [3.05, 3.63) is 71.0 Å². The fourth-order valence-electron chi connectivity index (χ4n) is 3.49. The highest BCUT2D eigenvalue weighted by molar-refractivity contribution is 9.10. The number of methoxy groups -OCH3 is 1. The number of ether oxygens (including phenoxy) is 2. The first-order chi connectivity index (χ1) is 15.9. The van der Waals surface area contributed by atoms with Gasteiger partial charge in [0.2, 0.25) is 0 Å². The second-order valence-electron chi connectivity index (χ2n) is 7.25. The molecule has 0 unspecified atom stereocenters. The van der Waals surface area contributed by atoms with Crippen molar-refractivity contribution in [3.63, 3.8) is 0 Å². The first-order valence-electron chi connectivity index (χ1n) is 10.2. The van der Waals surface area contributed by atoms with Crippen LogP contribution in [0.2, 0.25) is 0 Å². The van der Waals surface area contributed by atoms with Gasteiger partial charge in [-0.3, -0.25) is 4.79 Å². The Morgan fingerprint density at radius 3 is 2.45 bits per heavy atom. The number of nitrogens with zero attached hydrogens (tertiary/aromatic N) is 4. The molecule has 3 aromatic rings. The molecule has 0 atom stereocenters. The van der Waals surface area contributed by atoms with Gasteiger partial charge in [-0.25, -0.2) is 17.4 Å². The standard InChI is InChI=1S/C22H23BrN4O5S/c1-31-16-27(33(29,30)20-10-6-5-9-18(20)23)19-15-26(17-7-3-2-4-8-17)24-21(19)22(28)25-11-13-32-14-12-25/h2-10,15H,11-14,16H2,1H3. The molecule has 0 aliphatic carbocycles. The third kappa shape index (κ3) is 4.81. The van der Waals surface area contributed by atoms with Crippen LogP contribution < -0.4 is 4.31 Å². The molecule has 174 valence electrons. The van der Waals surface area contributed by atoms with E-state index in [1.165, 1.54) is 24.1 Å². The van der Waals surface area contributed by atoms with E-state index in [4.69, 9.17) is 9.47 Å². The van der Waals surface area contributed by atoms with E-state index in [9.17, 15) is 13.2 Å². The lowest BCUT2D eigenvalue weighted by Gasteiger charge is -2.28. The maximum absolute atomic E-state index is 13.7. The van der Waals surface area contributed by atoms with Gasteiger partial charge in [0.15, 0.2) is 5.69 Å². The Kier molecular flexibility index (Phi) is 7.13. The Balaban J connectivity index is 1.86. The van der Waals surface area contributed by atoms with Crippen LogP contribution >= 0.6 is 15.9 Å². The quantitative estimate of drug-likeness (QED) is 0.432. The predicted octanol–water partition coefficient (Wildman–Crippen LogP) is 2.91. The van der Waals surface area contributed by atoms with E-state index in [-0.39, 0.29) is 28.9 Å². The number of carbonyl (C=O) groups is 1. The zero-order chi connectivity index (χ0) is 23.4. The molecule has 2 aromatic carbocycles. The Bertz CT molecular complexity index is 1230. The lowest BCUT2D eigenvalue weighted by molar-refractivity contribution is 0.0299. The van der Waals surface area contributed by atoms with Gasteiger partial charge in [0, 0.05) is 24.7 Å². The molecule has 33 heavy (non-hydrogen) atoms. The van der Waals surface area contributed by atoms with Crippen molar-refractivity contribution in [2.45, 2.75) is 4.90 Å². The zero-order valence-corrected chi connectivity index (χ0v) is 20.3. The lowest BCUT2D eigenvalue weighted by atomic mass is 10.3. The van der Waals surface area contributed by atoms with Crippen molar-refractivity contribution in [1.82, 2.24) is 14.7 Å². The molecule has 0 spiro atoms. The molecule has 4 rings (SSSR count). The van der Waals surface area contributed by atoms with E-state index in [2.05, 4.69) is 21.0 Å². The molecule has 1 aliphatic heterocycles. The highest BCUT2D eigenvalue weighted by atomic mass is 79.9. The second kappa shape index (κ2) is 10.0. The summed E-state index contributed by atoms with van der Waals surface area (Å²) in [7, 11) is -2.69. The molecule has 1 fully saturated rings. The first-order valence-corrected chi connectivity index (χ1v) is 12.4. The summed E-state index contributed by atoms with van der Waals surface area (Å²) >= 11 is 3.32. The lowest BCUT2D eigenvalue weighted by Crippen LogP contribution is -2.42. The number of hydrogen-bond acceptors (Lipinski definition) is 6. The summed E-state index contributed by atoms with van der Waals surface area (Å²) < 4.78 is 40.9. The number of sulfonamides is 1. The molecule has 0 bridgehead atoms. The molecule has 0 radical (unpaired) electrons. The van der Waals surface area contributed by atoms with Crippen molar-refractivity contribution < 1.29 is 22.7 Å². The minimum absolute atomic E-state index is 0.0217. The average molecular weight is 535 g/mol. The van der Waals surface area contributed by atoms with E-state index in [1.54, 1.807) is 23.1 Å². The SMILES string of the molecule is COCN(c1cn(-c2ccccc2)nc1C(=O)N1CCOCC1)S(=O)(=O)c1ccccc1Br. The zero-order valence-electron chi connectivity index (χ0n) is 17.9. The Morgan fingerprint density at radius 2 is 1.79 bits per heavy atom. The molecule has 0 saturated carbocycles. The summed E-state index contributed by atoms with van der Waals surface area (Å²) in [6, 6.07) is 15.7. The number of carbonyl (C=O) groups excluding carboxylic acids is 1.